The lowest BCUT2D eigenvalue weighted by Gasteiger charge is -2.10. The summed E-state index contributed by atoms with van der Waals surface area (Å²) in [5.74, 6) is -2.32. The molecule has 2 rings (SSSR count). The van der Waals surface area contributed by atoms with Gasteiger partial charge in [-0.3, -0.25) is 9.59 Å². The molecule has 0 aromatic heterocycles. The molecule has 0 aliphatic carbocycles. The first kappa shape index (κ1) is 24.8. The molecule has 1 atom stereocenters. The number of benzene rings is 2. The van der Waals surface area contributed by atoms with Crippen molar-refractivity contribution in [3.8, 4) is 5.75 Å². The summed E-state index contributed by atoms with van der Waals surface area (Å²) in [6.07, 6.45) is 1.21. The Morgan fingerprint density at radius 1 is 0.833 bits per heavy atom. The van der Waals surface area contributed by atoms with Gasteiger partial charge in [0.15, 0.2) is 0 Å². The van der Waals surface area contributed by atoms with Crippen molar-refractivity contribution < 1.29 is 29.3 Å². The van der Waals surface area contributed by atoms with E-state index in [4.69, 9.17) is 26.4 Å². The Bertz CT molecular complexity index is 793. The van der Waals surface area contributed by atoms with Crippen molar-refractivity contribution in [2.75, 3.05) is 6.54 Å². The Kier molecular flexibility index (Phi) is 11.5. The van der Waals surface area contributed by atoms with Gasteiger partial charge in [0.2, 0.25) is 0 Å². The van der Waals surface area contributed by atoms with E-state index in [9.17, 15) is 14.4 Å². The zero-order valence-corrected chi connectivity index (χ0v) is 16.7. The topological polar surface area (TPSA) is 153 Å². The molecule has 8 nitrogen and oxygen atoms in total. The Hall–Kier alpha value is -3.23. The highest BCUT2D eigenvalue weighted by molar-refractivity contribution is 5.78. The summed E-state index contributed by atoms with van der Waals surface area (Å²) < 4.78 is 5.02. The minimum absolute atomic E-state index is 0.00482. The molecule has 0 saturated carbocycles. The minimum Gasteiger partial charge on any atom is -0.481 e. The monoisotopic (exact) mass is 416 g/mol. The zero-order valence-electron chi connectivity index (χ0n) is 16.7. The van der Waals surface area contributed by atoms with E-state index in [0.717, 1.165) is 18.5 Å². The van der Waals surface area contributed by atoms with Crippen LogP contribution in [0.2, 0.25) is 0 Å². The molecule has 0 heterocycles. The normalized spacial score (nSPS) is 11.0. The van der Waals surface area contributed by atoms with Crippen LogP contribution in [0.3, 0.4) is 0 Å². The van der Waals surface area contributed by atoms with Crippen molar-refractivity contribution in [1.82, 2.24) is 0 Å². The summed E-state index contributed by atoms with van der Waals surface area (Å²) in [5, 5.41) is 17.1. The van der Waals surface area contributed by atoms with Crippen molar-refractivity contribution in [3.63, 3.8) is 0 Å². The predicted molar refractivity (Wildman–Crippen MR) is 112 cm³/mol. The molecule has 0 saturated heterocycles. The second-order valence-electron chi connectivity index (χ2n) is 6.52. The van der Waals surface area contributed by atoms with E-state index in [-0.39, 0.29) is 25.0 Å². The number of aliphatic carboxylic acids is 2. The van der Waals surface area contributed by atoms with E-state index in [2.05, 4.69) is 12.1 Å². The van der Waals surface area contributed by atoms with Crippen LogP contribution in [0.1, 0.15) is 30.4 Å². The fourth-order valence-electron chi connectivity index (χ4n) is 2.38. The minimum atomic E-state index is -1.03. The molecule has 0 radical (unpaired) electrons. The van der Waals surface area contributed by atoms with E-state index in [1.54, 1.807) is 24.3 Å². The molecule has 8 heteroatoms. The summed E-state index contributed by atoms with van der Waals surface area (Å²) in [7, 11) is 0. The number of hydrogen-bond donors (Lipinski definition) is 4. The molecule has 0 fully saturated rings. The number of carboxylic acids is 2. The number of carbonyl (C=O) groups excluding carboxylic acids is 1. The van der Waals surface area contributed by atoms with Crippen molar-refractivity contribution in [3.05, 3.63) is 65.7 Å². The fraction of sp³-hybridized carbons (Fsp3) is 0.318. The van der Waals surface area contributed by atoms with Gasteiger partial charge >= 0.3 is 17.9 Å². The largest absolute Gasteiger partial charge is 0.481 e. The standard InChI is InChI=1S/C14H17NO6.C8H11N/c15-11(6-8-13(18)19)14(20)21-10-4-1-9(2-5-10)3-7-12(16)17;9-7-6-8-4-2-1-3-5-8/h1-2,4-5,11H,3,6-8,15H2,(H,16,17)(H,18,19);1-5H,6-7,9H2/t11-;/m0./s1. The molecule has 6 N–H and O–H groups in total. The molecular formula is C22H28N2O6. The summed E-state index contributed by atoms with van der Waals surface area (Å²) >= 11 is 0. The molecule has 30 heavy (non-hydrogen) atoms. The van der Waals surface area contributed by atoms with Crippen LogP contribution in [0.15, 0.2) is 54.6 Å². The first-order valence-electron chi connectivity index (χ1n) is 9.55. The van der Waals surface area contributed by atoms with Crippen LogP contribution >= 0.6 is 0 Å². The number of esters is 1. The molecule has 0 amide bonds. The van der Waals surface area contributed by atoms with Gasteiger partial charge < -0.3 is 26.4 Å². The third-order valence-corrected chi connectivity index (χ3v) is 4.02. The third kappa shape index (κ3) is 10.9. The number of rotatable bonds is 10. The Morgan fingerprint density at radius 2 is 1.40 bits per heavy atom. The summed E-state index contributed by atoms with van der Waals surface area (Å²) in [6, 6.07) is 15.7. The molecule has 0 bridgehead atoms. The highest BCUT2D eigenvalue weighted by atomic mass is 16.5. The Morgan fingerprint density at radius 3 is 1.93 bits per heavy atom. The van der Waals surface area contributed by atoms with Gasteiger partial charge in [0.25, 0.3) is 0 Å². The number of hydrogen-bond acceptors (Lipinski definition) is 6. The molecular weight excluding hydrogens is 388 g/mol. The average Bonchev–Trinajstić information content (AvgIpc) is 2.73. The van der Waals surface area contributed by atoms with E-state index < -0.39 is 23.9 Å². The predicted octanol–water partition coefficient (Wildman–Crippen LogP) is 1.99. The van der Waals surface area contributed by atoms with Crippen molar-refractivity contribution in [2.24, 2.45) is 11.5 Å². The van der Waals surface area contributed by atoms with Gasteiger partial charge in [0, 0.05) is 12.8 Å². The number of carboxylic acid groups (broad SMARTS) is 2. The number of nitrogens with two attached hydrogens (primary N) is 2. The second kappa shape index (κ2) is 13.9. The molecule has 2 aromatic carbocycles. The zero-order chi connectivity index (χ0) is 22.4. The second-order valence-corrected chi connectivity index (χ2v) is 6.52. The highest BCUT2D eigenvalue weighted by Crippen LogP contribution is 2.14. The van der Waals surface area contributed by atoms with Crippen LogP contribution < -0.4 is 16.2 Å². The third-order valence-electron chi connectivity index (χ3n) is 4.02. The smallest absolute Gasteiger partial charge is 0.328 e. The molecule has 162 valence electrons. The molecule has 0 spiro atoms. The highest BCUT2D eigenvalue weighted by Gasteiger charge is 2.17. The summed E-state index contributed by atoms with van der Waals surface area (Å²) in [5.41, 5.74) is 13.0. The van der Waals surface area contributed by atoms with E-state index in [1.807, 2.05) is 18.2 Å². The van der Waals surface area contributed by atoms with Gasteiger partial charge in [-0.1, -0.05) is 42.5 Å². The molecule has 0 aliphatic rings. The van der Waals surface area contributed by atoms with Gasteiger partial charge in [0.1, 0.15) is 11.8 Å². The molecule has 0 aliphatic heterocycles. The molecule has 2 aromatic rings. The number of aryl methyl sites for hydroxylation is 1. The lowest BCUT2D eigenvalue weighted by Crippen LogP contribution is -2.34. The van der Waals surface area contributed by atoms with Crippen molar-refractivity contribution in [1.29, 1.82) is 0 Å². The van der Waals surface area contributed by atoms with Gasteiger partial charge in [-0.25, -0.2) is 4.79 Å². The van der Waals surface area contributed by atoms with Crippen LogP contribution in [0.5, 0.6) is 5.75 Å². The summed E-state index contributed by atoms with van der Waals surface area (Å²) in [6.45, 7) is 0.740. The summed E-state index contributed by atoms with van der Waals surface area (Å²) in [4.78, 5) is 32.4. The quantitative estimate of drug-likeness (QED) is 0.339. The first-order valence-corrected chi connectivity index (χ1v) is 9.55. The van der Waals surface area contributed by atoms with Crippen LogP contribution in [-0.2, 0) is 27.2 Å². The SMILES string of the molecule is NCCc1ccccc1.N[C@@H](CCC(=O)O)C(=O)Oc1ccc(CCC(=O)O)cc1. The Labute approximate surface area is 175 Å². The number of carbonyl (C=O) groups is 3. The maximum absolute atomic E-state index is 11.6. The van der Waals surface area contributed by atoms with Crippen LogP contribution in [0.25, 0.3) is 0 Å². The van der Waals surface area contributed by atoms with E-state index in [1.165, 1.54) is 5.56 Å². The van der Waals surface area contributed by atoms with Crippen molar-refractivity contribution in [2.45, 2.75) is 38.1 Å². The fourth-order valence-corrected chi connectivity index (χ4v) is 2.38. The molecule has 0 unspecified atom stereocenters. The Balaban J connectivity index is 0.000000414. The average molecular weight is 416 g/mol. The van der Waals surface area contributed by atoms with Crippen LogP contribution in [0.4, 0.5) is 0 Å². The van der Waals surface area contributed by atoms with Crippen LogP contribution in [0, 0.1) is 0 Å². The number of ether oxygens (including phenoxy) is 1. The van der Waals surface area contributed by atoms with Gasteiger partial charge in [-0.15, -0.1) is 0 Å². The van der Waals surface area contributed by atoms with Gasteiger partial charge in [-0.05, 0) is 49.1 Å². The van der Waals surface area contributed by atoms with E-state index in [0.29, 0.717) is 6.42 Å². The van der Waals surface area contributed by atoms with E-state index >= 15 is 0 Å². The first-order chi connectivity index (χ1) is 14.3. The maximum atomic E-state index is 11.6. The van der Waals surface area contributed by atoms with Gasteiger partial charge in [-0.2, -0.15) is 0 Å². The van der Waals surface area contributed by atoms with Crippen LogP contribution in [-0.4, -0.2) is 40.7 Å². The van der Waals surface area contributed by atoms with Gasteiger partial charge in [0.05, 0.1) is 0 Å². The lowest BCUT2D eigenvalue weighted by atomic mass is 10.1. The lowest BCUT2D eigenvalue weighted by molar-refractivity contribution is -0.139. The maximum Gasteiger partial charge on any atom is 0.328 e. The van der Waals surface area contributed by atoms with Crippen molar-refractivity contribution >= 4 is 17.9 Å².